The smallest absolute Gasteiger partial charge is 0.241 e. The summed E-state index contributed by atoms with van der Waals surface area (Å²) in [7, 11) is -3.43. The van der Waals surface area contributed by atoms with Gasteiger partial charge in [-0.2, -0.15) is 0 Å². The molecule has 0 spiro atoms. The lowest BCUT2D eigenvalue weighted by molar-refractivity contribution is 0.376. The Hall–Kier alpha value is -0.430. The minimum absolute atomic E-state index is 0.307. The van der Waals surface area contributed by atoms with Crippen LogP contribution in [-0.4, -0.2) is 28.1 Å². The molecule has 4 nitrogen and oxygen atoms in total. The fourth-order valence-corrected chi connectivity index (χ4v) is 4.53. The Morgan fingerprint density at radius 1 is 1.47 bits per heavy atom. The molecular weight excluding hydrogens is 328 g/mol. The van der Waals surface area contributed by atoms with Crippen LogP contribution in [0.15, 0.2) is 27.6 Å². The van der Waals surface area contributed by atoms with Crippen LogP contribution in [0.3, 0.4) is 0 Å². The van der Waals surface area contributed by atoms with Crippen molar-refractivity contribution < 1.29 is 8.42 Å². The third-order valence-electron chi connectivity index (χ3n) is 3.34. The third-order valence-corrected chi connectivity index (χ3v) is 5.74. The van der Waals surface area contributed by atoms with Crippen molar-refractivity contribution in [3.05, 3.63) is 28.2 Å². The maximum Gasteiger partial charge on any atom is 0.241 e. The van der Waals surface area contributed by atoms with Crippen molar-refractivity contribution in [2.45, 2.75) is 24.7 Å². The second-order valence-electron chi connectivity index (χ2n) is 5.00. The van der Waals surface area contributed by atoms with Gasteiger partial charge in [0, 0.05) is 11.0 Å². The largest absolute Gasteiger partial charge is 0.316 e. The van der Waals surface area contributed by atoms with Crippen LogP contribution in [-0.2, 0) is 10.0 Å². The standard InChI is InChI=1S/C13H19BrN2O2S/c1-10-4-5-13(12(14)7-10)19(17,18)16-9-11-3-2-6-15-8-11/h4-5,7,11,15-16H,2-3,6,8-9H2,1H3/t11-/m0/s1. The molecule has 0 aromatic heterocycles. The Morgan fingerprint density at radius 3 is 2.89 bits per heavy atom. The van der Waals surface area contributed by atoms with Crippen LogP contribution in [0, 0.1) is 12.8 Å². The number of hydrogen-bond acceptors (Lipinski definition) is 3. The summed E-state index contributed by atoms with van der Waals surface area (Å²) in [5.74, 6) is 0.382. The number of piperidine rings is 1. The quantitative estimate of drug-likeness (QED) is 0.876. The fraction of sp³-hybridized carbons (Fsp3) is 0.538. The highest BCUT2D eigenvalue weighted by Crippen LogP contribution is 2.23. The molecule has 0 amide bonds. The summed E-state index contributed by atoms with van der Waals surface area (Å²) in [6, 6.07) is 5.26. The summed E-state index contributed by atoms with van der Waals surface area (Å²) >= 11 is 3.32. The molecule has 0 aliphatic carbocycles. The molecule has 0 radical (unpaired) electrons. The molecule has 1 aromatic rings. The highest BCUT2D eigenvalue weighted by molar-refractivity contribution is 9.10. The lowest BCUT2D eigenvalue weighted by Gasteiger charge is -2.23. The average Bonchev–Trinajstić information content (AvgIpc) is 2.37. The van der Waals surface area contributed by atoms with E-state index in [2.05, 4.69) is 26.0 Å². The Labute approximate surface area is 123 Å². The molecule has 106 valence electrons. The van der Waals surface area contributed by atoms with Crippen LogP contribution in [0.5, 0.6) is 0 Å². The van der Waals surface area contributed by atoms with Crippen LogP contribution >= 0.6 is 15.9 Å². The average molecular weight is 347 g/mol. The minimum atomic E-state index is -3.43. The number of halogens is 1. The molecule has 0 unspecified atom stereocenters. The SMILES string of the molecule is Cc1ccc(S(=O)(=O)NC[C@H]2CCCNC2)c(Br)c1. The van der Waals surface area contributed by atoms with Crippen LogP contribution in [0.25, 0.3) is 0 Å². The van der Waals surface area contributed by atoms with Gasteiger partial charge in [0.05, 0.1) is 4.90 Å². The summed E-state index contributed by atoms with van der Waals surface area (Å²) in [5.41, 5.74) is 1.03. The first kappa shape index (κ1) is 15.0. The summed E-state index contributed by atoms with van der Waals surface area (Å²) in [5, 5.41) is 3.29. The van der Waals surface area contributed by atoms with Gasteiger partial charge in [0.25, 0.3) is 0 Å². The predicted octanol–water partition coefficient (Wildman–Crippen LogP) is 2.04. The number of hydrogen-bond donors (Lipinski definition) is 2. The molecule has 1 atom stereocenters. The van der Waals surface area contributed by atoms with Gasteiger partial charge < -0.3 is 5.32 Å². The lowest BCUT2D eigenvalue weighted by atomic mass is 10.0. The topological polar surface area (TPSA) is 58.2 Å². The predicted molar refractivity (Wildman–Crippen MR) is 79.7 cm³/mol. The van der Waals surface area contributed by atoms with Gasteiger partial charge in [-0.25, -0.2) is 13.1 Å². The first-order valence-electron chi connectivity index (χ1n) is 6.45. The van der Waals surface area contributed by atoms with E-state index < -0.39 is 10.0 Å². The van der Waals surface area contributed by atoms with Gasteiger partial charge in [-0.15, -0.1) is 0 Å². The highest BCUT2D eigenvalue weighted by atomic mass is 79.9. The molecule has 2 rings (SSSR count). The van der Waals surface area contributed by atoms with Gasteiger partial charge in [0.15, 0.2) is 0 Å². The Kier molecular flexibility index (Phi) is 5.00. The van der Waals surface area contributed by atoms with Gasteiger partial charge in [0.1, 0.15) is 0 Å². The van der Waals surface area contributed by atoms with Gasteiger partial charge in [-0.05, 0) is 72.4 Å². The van der Waals surface area contributed by atoms with Crippen molar-refractivity contribution in [3.63, 3.8) is 0 Å². The van der Waals surface area contributed by atoms with E-state index in [0.29, 0.717) is 21.8 Å². The molecule has 19 heavy (non-hydrogen) atoms. The van der Waals surface area contributed by atoms with Crippen molar-refractivity contribution in [1.29, 1.82) is 0 Å². The number of aryl methyl sites for hydroxylation is 1. The number of rotatable bonds is 4. The van der Waals surface area contributed by atoms with Crippen LogP contribution in [0.4, 0.5) is 0 Å². The molecule has 0 bridgehead atoms. The monoisotopic (exact) mass is 346 g/mol. The summed E-state index contributed by atoms with van der Waals surface area (Å²) in [6.45, 7) is 4.35. The maximum absolute atomic E-state index is 12.2. The second-order valence-corrected chi connectivity index (χ2v) is 7.59. The summed E-state index contributed by atoms with van der Waals surface area (Å²) in [4.78, 5) is 0.307. The Morgan fingerprint density at radius 2 is 2.26 bits per heavy atom. The highest BCUT2D eigenvalue weighted by Gasteiger charge is 2.20. The fourth-order valence-electron chi connectivity index (χ4n) is 2.23. The molecule has 1 saturated heterocycles. The molecule has 1 heterocycles. The first-order valence-corrected chi connectivity index (χ1v) is 8.73. The van der Waals surface area contributed by atoms with E-state index in [4.69, 9.17) is 0 Å². The second kappa shape index (κ2) is 6.35. The Balaban J connectivity index is 2.05. The zero-order chi connectivity index (χ0) is 13.9. The van der Waals surface area contributed by atoms with E-state index in [1.165, 1.54) is 0 Å². The molecule has 1 aliphatic rings. The molecule has 0 saturated carbocycles. The van der Waals surface area contributed by atoms with E-state index >= 15 is 0 Å². The summed E-state index contributed by atoms with van der Waals surface area (Å²) < 4.78 is 27.8. The van der Waals surface area contributed by atoms with Crippen molar-refractivity contribution in [2.24, 2.45) is 5.92 Å². The number of sulfonamides is 1. The van der Waals surface area contributed by atoms with Crippen molar-refractivity contribution in [1.82, 2.24) is 10.0 Å². The van der Waals surface area contributed by atoms with E-state index in [1.807, 2.05) is 19.1 Å². The molecule has 6 heteroatoms. The zero-order valence-corrected chi connectivity index (χ0v) is 13.4. The Bertz CT molecular complexity index is 540. The van der Waals surface area contributed by atoms with Gasteiger partial charge in [0.2, 0.25) is 10.0 Å². The molecule has 2 N–H and O–H groups in total. The lowest BCUT2D eigenvalue weighted by Crippen LogP contribution is -2.38. The number of benzene rings is 1. The van der Waals surface area contributed by atoms with Crippen LogP contribution < -0.4 is 10.0 Å². The van der Waals surface area contributed by atoms with Crippen LogP contribution in [0.1, 0.15) is 18.4 Å². The van der Waals surface area contributed by atoms with E-state index in [1.54, 1.807) is 6.07 Å². The van der Waals surface area contributed by atoms with E-state index in [-0.39, 0.29) is 0 Å². The maximum atomic E-state index is 12.2. The van der Waals surface area contributed by atoms with Gasteiger partial charge in [-0.3, -0.25) is 0 Å². The molecule has 1 fully saturated rings. The van der Waals surface area contributed by atoms with Gasteiger partial charge in [-0.1, -0.05) is 6.07 Å². The minimum Gasteiger partial charge on any atom is -0.316 e. The number of nitrogens with one attached hydrogen (secondary N) is 2. The van der Waals surface area contributed by atoms with Crippen molar-refractivity contribution in [2.75, 3.05) is 19.6 Å². The van der Waals surface area contributed by atoms with Gasteiger partial charge >= 0.3 is 0 Å². The first-order chi connectivity index (χ1) is 8.99. The molecule has 1 aromatic carbocycles. The molecular formula is C13H19BrN2O2S. The summed E-state index contributed by atoms with van der Waals surface area (Å²) in [6.07, 6.45) is 2.19. The van der Waals surface area contributed by atoms with Crippen molar-refractivity contribution in [3.8, 4) is 0 Å². The normalized spacial score (nSPS) is 20.4. The third kappa shape index (κ3) is 4.02. The zero-order valence-electron chi connectivity index (χ0n) is 10.9. The van der Waals surface area contributed by atoms with Crippen LogP contribution in [0.2, 0.25) is 0 Å². The van der Waals surface area contributed by atoms with E-state index in [0.717, 1.165) is 31.5 Å². The van der Waals surface area contributed by atoms with Crippen molar-refractivity contribution >= 4 is 26.0 Å². The molecule has 1 aliphatic heterocycles. The van der Waals surface area contributed by atoms with E-state index in [9.17, 15) is 8.42 Å².